The van der Waals surface area contributed by atoms with E-state index in [1.165, 1.54) is 12.8 Å². The molecule has 2 saturated heterocycles. The van der Waals surface area contributed by atoms with Crippen LogP contribution in [0.3, 0.4) is 0 Å². The molecule has 2 N–H and O–H groups in total. The summed E-state index contributed by atoms with van der Waals surface area (Å²) < 4.78 is 0. The summed E-state index contributed by atoms with van der Waals surface area (Å²) in [5.41, 5.74) is 0.292. The Morgan fingerprint density at radius 2 is 2.10 bits per heavy atom. The first kappa shape index (κ1) is 14.3. The number of nitrogens with zero attached hydrogens (tertiary/aromatic N) is 2. The van der Waals surface area contributed by atoms with E-state index in [0.29, 0.717) is 5.41 Å². The molecule has 1 aliphatic carbocycles. The number of nitrogens with one attached hydrogen (secondary N) is 1. The van der Waals surface area contributed by atoms with Crippen LogP contribution in [0.25, 0.3) is 0 Å². The first-order valence-electron chi connectivity index (χ1n) is 8.03. The predicted molar refractivity (Wildman–Crippen MR) is 77.4 cm³/mol. The van der Waals surface area contributed by atoms with Gasteiger partial charge < -0.3 is 20.2 Å². The van der Waals surface area contributed by atoms with Gasteiger partial charge in [0, 0.05) is 26.2 Å². The second kappa shape index (κ2) is 5.62. The van der Waals surface area contributed by atoms with Crippen LogP contribution in [0.2, 0.25) is 0 Å². The third kappa shape index (κ3) is 2.85. The lowest BCUT2D eigenvalue weighted by atomic mass is 9.90. The van der Waals surface area contributed by atoms with Crippen molar-refractivity contribution in [3.8, 4) is 0 Å². The highest BCUT2D eigenvalue weighted by atomic mass is 16.3. The molecule has 2 atom stereocenters. The number of rotatable bonds is 4. The quantitative estimate of drug-likeness (QED) is 0.764. The second-order valence-electron chi connectivity index (χ2n) is 6.78. The molecule has 0 radical (unpaired) electrons. The van der Waals surface area contributed by atoms with Gasteiger partial charge in [-0.2, -0.15) is 0 Å². The van der Waals surface area contributed by atoms with Gasteiger partial charge in [0.25, 0.3) is 0 Å². The van der Waals surface area contributed by atoms with Gasteiger partial charge >= 0.3 is 0 Å². The Bertz CT molecular complexity index is 370. The van der Waals surface area contributed by atoms with E-state index in [-0.39, 0.29) is 18.1 Å². The number of aliphatic hydroxyl groups is 1. The Balaban J connectivity index is 1.38. The number of amides is 1. The Morgan fingerprint density at radius 1 is 1.30 bits per heavy atom. The SMILES string of the molecule is CC1NCCN(CCCN2CCC3(CC3)C(O)C2)C1=O. The Morgan fingerprint density at radius 3 is 2.80 bits per heavy atom. The smallest absolute Gasteiger partial charge is 0.239 e. The lowest BCUT2D eigenvalue weighted by Crippen LogP contribution is -2.54. The minimum atomic E-state index is -0.128. The van der Waals surface area contributed by atoms with Crippen molar-refractivity contribution < 1.29 is 9.90 Å². The molecule has 3 aliphatic rings. The van der Waals surface area contributed by atoms with Crippen LogP contribution in [0.4, 0.5) is 0 Å². The van der Waals surface area contributed by atoms with Gasteiger partial charge in [0.1, 0.15) is 0 Å². The molecule has 1 spiro atoms. The van der Waals surface area contributed by atoms with E-state index in [4.69, 9.17) is 0 Å². The minimum Gasteiger partial charge on any atom is -0.391 e. The van der Waals surface area contributed by atoms with Gasteiger partial charge in [0.15, 0.2) is 0 Å². The molecular weight excluding hydrogens is 254 g/mol. The Labute approximate surface area is 121 Å². The number of piperazine rings is 1. The molecule has 1 amide bonds. The van der Waals surface area contributed by atoms with Crippen molar-refractivity contribution in [1.29, 1.82) is 0 Å². The average Bonchev–Trinajstić information content (AvgIpc) is 3.20. The second-order valence-corrected chi connectivity index (χ2v) is 6.78. The number of aliphatic hydroxyl groups excluding tert-OH is 1. The van der Waals surface area contributed by atoms with E-state index in [9.17, 15) is 9.90 Å². The Hall–Kier alpha value is -0.650. The van der Waals surface area contributed by atoms with E-state index in [2.05, 4.69) is 10.2 Å². The molecule has 114 valence electrons. The number of hydrogen-bond donors (Lipinski definition) is 2. The molecule has 1 saturated carbocycles. The fraction of sp³-hybridized carbons (Fsp3) is 0.933. The average molecular weight is 281 g/mol. The van der Waals surface area contributed by atoms with Gasteiger partial charge in [-0.25, -0.2) is 0 Å². The fourth-order valence-electron chi connectivity index (χ4n) is 3.62. The molecule has 2 aliphatic heterocycles. The van der Waals surface area contributed by atoms with Crippen LogP contribution in [0.15, 0.2) is 0 Å². The molecule has 3 rings (SSSR count). The highest BCUT2D eigenvalue weighted by Gasteiger charge is 2.50. The fourth-order valence-corrected chi connectivity index (χ4v) is 3.62. The van der Waals surface area contributed by atoms with Crippen LogP contribution >= 0.6 is 0 Å². The van der Waals surface area contributed by atoms with Crippen LogP contribution in [-0.4, -0.2) is 72.2 Å². The largest absolute Gasteiger partial charge is 0.391 e. The molecule has 5 heteroatoms. The van der Waals surface area contributed by atoms with E-state index < -0.39 is 0 Å². The molecule has 5 nitrogen and oxygen atoms in total. The number of carbonyl (C=O) groups is 1. The summed E-state index contributed by atoms with van der Waals surface area (Å²) >= 11 is 0. The summed E-state index contributed by atoms with van der Waals surface area (Å²) in [5, 5.41) is 13.4. The zero-order valence-corrected chi connectivity index (χ0v) is 12.5. The van der Waals surface area contributed by atoms with Crippen molar-refractivity contribution in [1.82, 2.24) is 15.1 Å². The van der Waals surface area contributed by atoms with Crippen molar-refractivity contribution in [3.63, 3.8) is 0 Å². The van der Waals surface area contributed by atoms with Crippen molar-refractivity contribution in [2.75, 3.05) is 39.3 Å². The maximum Gasteiger partial charge on any atom is 0.239 e. The first-order valence-corrected chi connectivity index (χ1v) is 8.03. The highest BCUT2D eigenvalue weighted by Crippen LogP contribution is 2.53. The predicted octanol–water partition coefficient (Wildman–Crippen LogP) is 0.0436. The summed E-state index contributed by atoms with van der Waals surface area (Å²) in [4.78, 5) is 16.3. The monoisotopic (exact) mass is 281 g/mol. The van der Waals surface area contributed by atoms with Crippen LogP contribution in [0.1, 0.15) is 32.6 Å². The van der Waals surface area contributed by atoms with Crippen molar-refractivity contribution in [2.24, 2.45) is 5.41 Å². The molecule has 20 heavy (non-hydrogen) atoms. The van der Waals surface area contributed by atoms with Crippen LogP contribution in [-0.2, 0) is 4.79 Å². The molecular formula is C15H27N3O2. The Kier molecular flexibility index (Phi) is 4.02. The molecule has 0 aromatic heterocycles. The van der Waals surface area contributed by atoms with Gasteiger partial charge in [-0.1, -0.05) is 0 Å². The summed E-state index contributed by atoms with van der Waals surface area (Å²) in [5.74, 6) is 0.229. The number of β-amino-alcohol motifs (C(OH)–C–C–N with tert-alkyl or cyclic N) is 1. The standard InChI is InChI=1S/C15H27N3O2/c1-12-14(20)18(10-6-16-12)8-2-7-17-9-5-15(3-4-15)13(19)11-17/h12-13,16,19H,2-11H2,1H3. The van der Waals surface area contributed by atoms with Crippen LogP contribution in [0.5, 0.6) is 0 Å². The molecule has 0 bridgehead atoms. The summed E-state index contributed by atoms with van der Waals surface area (Å²) in [6.45, 7) is 7.45. The third-order valence-corrected chi connectivity index (χ3v) is 5.37. The number of hydrogen-bond acceptors (Lipinski definition) is 4. The maximum atomic E-state index is 12.0. The van der Waals surface area contributed by atoms with E-state index in [1.807, 2.05) is 11.8 Å². The lowest BCUT2D eigenvalue weighted by molar-refractivity contribution is -0.135. The van der Waals surface area contributed by atoms with Gasteiger partial charge in [-0.05, 0) is 51.1 Å². The van der Waals surface area contributed by atoms with Gasteiger partial charge in [0.05, 0.1) is 12.1 Å². The number of likely N-dealkylation sites (tertiary alicyclic amines) is 1. The molecule has 2 heterocycles. The number of piperidine rings is 1. The van der Waals surface area contributed by atoms with Gasteiger partial charge in [-0.3, -0.25) is 4.79 Å². The summed E-state index contributed by atoms with van der Waals surface area (Å²) in [6.07, 6.45) is 4.47. The van der Waals surface area contributed by atoms with Crippen molar-refractivity contribution in [2.45, 2.75) is 44.8 Å². The minimum absolute atomic E-state index is 0.0321. The summed E-state index contributed by atoms with van der Waals surface area (Å²) in [6, 6.07) is -0.0321. The maximum absolute atomic E-state index is 12.0. The number of carbonyl (C=O) groups excluding carboxylic acids is 1. The topological polar surface area (TPSA) is 55.8 Å². The normalized spacial score (nSPS) is 33.7. The zero-order chi connectivity index (χ0) is 14.2. The van der Waals surface area contributed by atoms with E-state index >= 15 is 0 Å². The molecule has 0 aromatic rings. The van der Waals surface area contributed by atoms with E-state index in [0.717, 1.165) is 52.1 Å². The van der Waals surface area contributed by atoms with Crippen LogP contribution in [0, 0.1) is 5.41 Å². The lowest BCUT2D eigenvalue weighted by Gasteiger charge is -2.37. The van der Waals surface area contributed by atoms with Gasteiger partial charge in [0.2, 0.25) is 5.91 Å². The summed E-state index contributed by atoms with van der Waals surface area (Å²) in [7, 11) is 0. The third-order valence-electron chi connectivity index (χ3n) is 5.37. The highest BCUT2D eigenvalue weighted by molar-refractivity contribution is 5.82. The van der Waals surface area contributed by atoms with Crippen molar-refractivity contribution in [3.05, 3.63) is 0 Å². The molecule has 3 fully saturated rings. The first-order chi connectivity index (χ1) is 9.61. The van der Waals surface area contributed by atoms with Crippen molar-refractivity contribution >= 4 is 5.91 Å². The molecule has 0 aromatic carbocycles. The van der Waals surface area contributed by atoms with E-state index in [1.54, 1.807) is 0 Å². The van der Waals surface area contributed by atoms with Crippen LogP contribution < -0.4 is 5.32 Å². The molecule has 2 unspecified atom stereocenters. The zero-order valence-electron chi connectivity index (χ0n) is 12.5. The van der Waals surface area contributed by atoms with Gasteiger partial charge in [-0.15, -0.1) is 0 Å².